The van der Waals surface area contributed by atoms with Gasteiger partial charge in [0.05, 0.1) is 28.2 Å². The molecule has 0 atom stereocenters. The number of H-pyrrole nitrogens is 1. The molecule has 3 rings (SSSR count). The average molecular weight is 263 g/mol. The fourth-order valence-electron chi connectivity index (χ4n) is 2.11. The lowest BCUT2D eigenvalue weighted by Crippen LogP contribution is -2.33. The Hall–Kier alpha value is -3.13. The van der Waals surface area contributed by atoms with Crippen molar-refractivity contribution in [1.29, 1.82) is 5.26 Å². The SMILES string of the molecule is N#Cc1cccc(-n2c(=O)[nH]c3ccccc3c2=O)c1. The molecule has 0 fully saturated rings. The second-order valence-electron chi connectivity index (χ2n) is 4.28. The number of hydrogen-bond donors (Lipinski definition) is 1. The van der Waals surface area contributed by atoms with Gasteiger partial charge in [-0.1, -0.05) is 18.2 Å². The van der Waals surface area contributed by atoms with Crippen molar-refractivity contribution in [3.05, 3.63) is 74.9 Å². The third kappa shape index (κ3) is 1.80. The number of para-hydroxylation sites is 1. The number of fused-ring (bicyclic) bond motifs is 1. The molecule has 0 unspecified atom stereocenters. The van der Waals surface area contributed by atoms with E-state index in [0.717, 1.165) is 4.57 Å². The van der Waals surface area contributed by atoms with Gasteiger partial charge in [-0.2, -0.15) is 5.26 Å². The van der Waals surface area contributed by atoms with Gasteiger partial charge in [0.2, 0.25) is 0 Å². The molecule has 0 spiro atoms. The molecule has 20 heavy (non-hydrogen) atoms. The number of hydrogen-bond acceptors (Lipinski definition) is 3. The zero-order chi connectivity index (χ0) is 14.1. The summed E-state index contributed by atoms with van der Waals surface area (Å²) in [6.45, 7) is 0. The maximum absolute atomic E-state index is 12.4. The Balaban J connectivity index is 2.40. The first kappa shape index (κ1) is 11.9. The summed E-state index contributed by atoms with van der Waals surface area (Å²) < 4.78 is 1.03. The smallest absolute Gasteiger partial charge is 0.306 e. The Morgan fingerprint density at radius 1 is 1.05 bits per heavy atom. The summed E-state index contributed by atoms with van der Waals surface area (Å²) in [6.07, 6.45) is 0. The van der Waals surface area contributed by atoms with Gasteiger partial charge in [-0.25, -0.2) is 9.36 Å². The van der Waals surface area contributed by atoms with Gasteiger partial charge in [0.1, 0.15) is 0 Å². The molecule has 0 bridgehead atoms. The molecule has 3 aromatic rings. The molecular formula is C15H9N3O2. The zero-order valence-electron chi connectivity index (χ0n) is 10.3. The van der Waals surface area contributed by atoms with E-state index >= 15 is 0 Å². The first-order valence-electron chi connectivity index (χ1n) is 5.95. The highest BCUT2D eigenvalue weighted by Crippen LogP contribution is 2.08. The number of nitrogens with one attached hydrogen (secondary N) is 1. The topological polar surface area (TPSA) is 78.7 Å². The summed E-state index contributed by atoms with van der Waals surface area (Å²) >= 11 is 0. The maximum Gasteiger partial charge on any atom is 0.333 e. The number of rotatable bonds is 1. The zero-order valence-corrected chi connectivity index (χ0v) is 10.3. The van der Waals surface area contributed by atoms with Gasteiger partial charge in [-0.15, -0.1) is 0 Å². The van der Waals surface area contributed by atoms with Crippen LogP contribution in [0.15, 0.2) is 58.1 Å². The summed E-state index contributed by atoms with van der Waals surface area (Å²) in [6, 6.07) is 15.2. The van der Waals surface area contributed by atoms with E-state index in [-0.39, 0.29) is 0 Å². The van der Waals surface area contributed by atoms with E-state index in [1.807, 2.05) is 6.07 Å². The predicted molar refractivity (Wildman–Crippen MR) is 74.9 cm³/mol. The fraction of sp³-hybridized carbons (Fsp3) is 0. The van der Waals surface area contributed by atoms with Gasteiger partial charge in [0.25, 0.3) is 5.56 Å². The quantitative estimate of drug-likeness (QED) is 0.723. The molecule has 0 amide bonds. The molecule has 0 aliphatic heterocycles. The third-order valence-electron chi connectivity index (χ3n) is 3.04. The van der Waals surface area contributed by atoms with Crippen LogP contribution in [0.25, 0.3) is 16.6 Å². The van der Waals surface area contributed by atoms with Crippen molar-refractivity contribution in [1.82, 2.24) is 9.55 Å². The van der Waals surface area contributed by atoms with Crippen LogP contribution in [0, 0.1) is 11.3 Å². The highest BCUT2D eigenvalue weighted by Gasteiger charge is 2.09. The van der Waals surface area contributed by atoms with E-state index in [1.54, 1.807) is 42.5 Å². The Kier molecular flexibility index (Phi) is 2.70. The van der Waals surface area contributed by atoms with Crippen molar-refractivity contribution in [2.24, 2.45) is 0 Å². The molecule has 0 radical (unpaired) electrons. The van der Waals surface area contributed by atoms with Crippen LogP contribution in [-0.4, -0.2) is 9.55 Å². The molecule has 5 heteroatoms. The minimum Gasteiger partial charge on any atom is -0.306 e. The van der Waals surface area contributed by atoms with Crippen LogP contribution in [0.3, 0.4) is 0 Å². The Morgan fingerprint density at radius 2 is 1.85 bits per heavy atom. The molecular weight excluding hydrogens is 254 g/mol. The van der Waals surface area contributed by atoms with Crippen molar-refractivity contribution in [3.63, 3.8) is 0 Å². The van der Waals surface area contributed by atoms with Gasteiger partial charge < -0.3 is 4.98 Å². The second kappa shape index (κ2) is 4.52. The molecule has 1 heterocycles. The number of aromatic nitrogens is 2. The van der Waals surface area contributed by atoms with Gasteiger partial charge >= 0.3 is 5.69 Å². The minimum atomic E-state index is -0.524. The van der Waals surface area contributed by atoms with Gasteiger partial charge in [-0.3, -0.25) is 4.79 Å². The molecule has 0 aliphatic carbocycles. The molecule has 5 nitrogen and oxygen atoms in total. The van der Waals surface area contributed by atoms with Crippen LogP contribution in [0.1, 0.15) is 5.56 Å². The Labute approximate surface area is 113 Å². The number of nitriles is 1. The lowest BCUT2D eigenvalue weighted by molar-refractivity contribution is 0.901. The van der Waals surface area contributed by atoms with Crippen LogP contribution in [0.5, 0.6) is 0 Å². The van der Waals surface area contributed by atoms with Crippen LogP contribution in [0.2, 0.25) is 0 Å². The monoisotopic (exact) mass is 263 g/mol. The van der Waals surface area contributed by atoms with Crippen LogP contribution in [0.4, 0.5) is 0 Å². The molecule has 0 saturated carbocycles. The average Bonchev–Trinajstić information content (AvgIpc) is 2.47. The molecule has 1 aromatic heterocycles. The van der Waals surface area contributed by atoms with E-state index in [9.17, 15) is 9.59 Å². The Bertz CT molecular complexity index is 961. The van der Waals surface area contributed by atoms with Crippen molar-refractivity contribution in [3.8, 4) is 11.8 Å². The summed E-state index contributed by atoms with van der Waals surface area (Å²) in [4.78, 5) is 27.1. The minimum absolute atomic E-state index is 0.376. The van der Waals surface area contributed by atoms with Gasteiger partial charge in [0.15, 0.2) is 0 Å². The Morgan fingerprint density at radius 3 is 2.65 bits per heavy atom. The van der Waals surface area contributed by atoms with Crippen molar-refractivity contribution < 1.29 is 0 Å². The summed E-state index contributed by atoms with van der Waals surface area (Å²) in [5.41, 5.74) is 0.335. The molecule has 0 aliphatic rings. The molecule has 2 aromatic carbocycles. The molecule has 0 saturated heterocycles. The number of nitrogens with zero attached hydrogens (tertiary/aromatic N) is 2. The van der Waals surface area contributed by atoms with Crippen LogP contribution in [-0.2, 0) is 0 Å². The standard InChI is InChI=1S/C15H9N3O2/c16-9-10-4-3-5-11(8-10)18-14(19)12-6-1-2-7-13(12)17-15(18)20/h1-8H,(H,17,20). The van der Waals surface area contributed by atoms with E-state index in [0.29, 0.717) is 22.2 Å². The van der Waals surface area contributed by atoms with Gasteiger partial charge in [0, 0.05) is 0 Å². The highest BCUT2D eigenvalue weighted by molar-refractivity contribution is 5.77. The normalized spacial score (nSPS) is 10.3. The highest BCUT2D eigenvalue weighted by atomic mass is 16.2. The van der Waals surface area contributed by atoms with Crippen molar-refractivity contribution in [2.75, 3.05) is 0 Å². The summed E-state index contributed by atoms with van der Waals surface area (Å²) in [5.74, 6) is 0. The lowest BCUT2D eigenvalue weighted by Gasteiger charge is -2.06. The molecule has 1 N–H and O–H groups in total. The third-order valence-corrected chi connectivity index (χ3v) is 3.04. The second-order valence-corrected chi connectivity index (χ2v) is 4.28. The van der Waals surface area contributed by atoms with Crippen LogP contribution < -0.4 is 11.2 Å². The first-order valence-corrected chi connectivity index (χ1v) is 5.95. The molecule has 96 valence electrons. The van der Waals surface area contributed by atoms with E-state index in [4.69, 9.17) is 5.26 Å². The maximum atomic E-state index is 12.4. The lowest BCUT2D eigenvalue weighted by atomic mass is 10.2. The summed E-state index contributed by atoms with van der Waals surface area (Å²) in [5, 5.41) is 9.32. The van der Waals surface area contributed by atoms with E-state index in [1.165, 1.54) is 6.07 Å². The van der Waals surface area contributed by atoms with E-state index < -0.39 is 11.2 Å². The van der Waals surface area contributed by atoms with Crippen molar-refractivity contribution in [2.45, 2.75) is 0 Å². The predicted octanol–water partition coefficient (Wildman–Crippen LogP) is 1.55. The summed E-state index contributed by atoms with van der Waals surface area (Å²) in [7, 11) is 0. The largest absolute Gasteiger partial charge is 0.333 e. The van der Waals surface area contributed by atoms with E-state index in [2.05, 4.69) is 4.98 Å². The first-order chi connectivity index (χ1) is 9.70. The number of aromatic amines is 1. The van der Waals surface area contributed by atoms with Crippen LogP contribution >= 0.6 is 0 Å². The fourth-order valence-corrected chi connectivity index (χ4v) is 2.11. The van der Waals surface area contributed by atoms with Crippen molar-refractivity contribution >= 4 is 10.9 Å². The van der Waals surface area contributed by atoms with Gasteiger partial charge in [-0.05, 0) is 30.3 Å². The number of benzene rings is 2.